The Morgan fingerprint density at radius 3 is 3.00 bits per heavy atom. The fourth-order valence-corrected chi connectivity index (χ4v) is 1.10. The summed E-state index contributed by atoms with van der Waals surface area (Å²) in [5, 5.41) is 0. The van der Waals surface area contributed by atoms with E-state index in [2.05, 4.69) is 22.5 Å². The molecule has 0 heterocycles. The maximum atomic E-state index is 12.6. The fraction of sp³-hybridized carbons (Fsp3) is 0.111. The summed E-state index contributed by atoms with van der Waals surface area (Å²) >= 11 is 3.23. The van der Waals surface area contributed by atoms with Crippen molar-refractivity contribution in [3.8, 4) is 5.75 Å². The molecule has 1 rings (SSSR count). The van der Waals surface area contributed by atoms with Crippen LogP contribution < -0.4 is 4.74 Å². The van der Waals surface area contributed by atoms with Gasteiger partial charge in [0.05, 0.1) is 4.47 Å². The first-order chi connectivity index (χ1) is 5.74. The molecule has 0 atom stereocenters. The number of halogens is 2. The van der Waals surface area contributed by atoms with Crippen molar-refractivity contribution < 1.29 is 9.13 Å². The van der Waals surface area contributed by atoms with Gasteiger partial charge >= 0.3 is 0 Å². The van der Waals surface area contributed by atoms with Crippen molar-refractivity contribution in [2.75, 3.05) is 6.61 Å². The third-order valence-corrected chi connectivity index (χ3v) is 1.91. The molecule has 0 saturated heterocycles. The quantitative estimate of drug-likeness (QED) is 0.726. The van der Waals surface area contributed by atoms with Gasteiger partial charge in [-0.05, 0) is 28.1 Å². The number of hydrogen-bond donors (Lipinski definition) is 0. The van der Waals surface area contributed by atoms with Crippen LogP contribution in [-0.2, 0) is 0 Å². The molecule has 0 spiro atoms. The summed E-state index contributed by atoms with van der Waals surface area (Å²) in [4.78, 5) is 0. The van der Waals surface area contributed by atoms with Crippen molar-refractivity contribution in [1.29, 1.82) is 0 Å². The molecule has 1 aromatic carbocycles. The van der Waals surface area contributed by atoms with Gasteiger partial charge in [-0.1, -0.05) is 12.7 Å². The lowest BCUT2D eigenvalue weighted by molar-refractivity contribution is 0.358. The molecule has 0 fully saturated rings. The van der Waals surface area contributed by atoms with Crippen LogP contribution in [0, 0.1) is 5.82 Å². The highest BCUT2D eigenvalue weighted by molar-refractivity contribution is 9.10. The molecule has 1 nitrogen and oxygen atoms in total. The third kappa shape index (κ3) is 2.34. The first kappa shape index (κ1) is 9.26. The fourth-order valence-electron chi connectivity index (χ4n) is 0.737. The van der Waals surface area contributed by atoms with E-state index in [4.69, 9.17) is 4.74 Å². The minimum absolute atomic E-state index is 0.308. The van der Waals surface area contributed by atoms with Crippen LogP contribution in [0.4, 0.5) is 4.39 Å². The van der Waals surface area contributed by atoms with Crippen molar-refractivity contribution in [2.45, 2.75) is 0 Å². The van der Waals surface area contributed by atoms with E-state index in [9.17, 15) is 4.39 Å². The Morgan fingerprint density at radius 2 is 2.33 bits per heavy atom. The molecule has 0 bridgehead atoms. The molecule has 0 radical (unpaired) electrons. The van der Waals surface area contributed by atoms with Gasteiger partial charge in [-0.3, -0.25) is 0 Å². The highest BCUT2D eigenvalue weighted by Gasteiger charge is 2.00. The summed E-state index contributed by atoms with van der Waals surface area (Å²) in [6, 6.07) is 4.30. The maximum Gasteiger partial charge on any atom is 0.136 e. The second-order valence-electron chi connectivity index (χ2n) is 2.17. The lowest BCUT2D eigenvalue weighted by Gasteiger charge is -2.04. The predicted molar refractivity (Wildman–Crippen MR) is 49.8 cm³/mol. The maximum absolute atomic E-state index is 12.6. The van der Waals surface area contributed by atoms with E-state index in [0.29, 0.717) is 12.4 Å². The van der Waals surface area contributed by atoms with Gasteiger partial charge in [0, 0.05) is 6.07 Å². The molecule has 0 aliphatic carbocycles. The second-order valence-corrected chi connectivity index (χ2v) is 3.03. The average Bonchev–Trinajstić information content (AvgIpc) is 2.07. The van der Waals surface area contributed by atoms with E-state index in [1.54, 1.807) is 12.1 Å². The summed E-state index contributed by atoms with van der Waals surface area (Å²) in [6.07, 6.45) is 1.61. The Hall–Kier alpha value is -0.830. The van der Waals surface area contributed by atoms with E-state index in [0.717, 1.165) is 4.47 Å². The van der Waals surface area contributed by atoms with Crippen molar-refractivity contribution >= 4 is 15.9 Å². The van der Waals surface area contributed by atoms with E-state index in [1.807, 2.05) is 0 Å². The summed E-state index contributed by atoms with van der Waals surface area (Å²) in [5.74, 6) is 0.187. The first-order valence-corrected chi connectivity index (χ1v) is 4.22. The molecule has 0 aliphatic rings. The van der Waals surface area contributed by atoms with Gasteiger partial charge in [0.1, 0.15) is 18.2 Å². The smallest absolute Gasteiger partial charge is 0.136 e. The first-order valence-electron chi connectivity index (χ1n) is 3.43. The van der Waals surface area contributed by atoms with E-state index < -0.39 is 0 Å². The van der Waals surface area contributed by atoms with Crippen molar-refractivity contribution in [3.05, 3.63) is 41.1 Å². The summed E-state index contributed by atoms with van der Waals surface area (Å²) in [7, 11) is 0. The molecule has 0 aromatic heterocycles. The van der Waals surface area contributed by atoms with Crippen LogP contribution in [0.3, 0.4) is 0 Å². The number of ether oxygens (including phenoxy) is 1. The van der Waals surface area contributed by atoms with Crippen LogP contribution >= 0.6 is 15.9 Å². The van der Waals surface area contributed by atoms with Gasteiger partial charge in [0.15, 0.2) is 0 Å². The second kappa shape index (κ2) is 4.26. The number of hydrogen-bond acceptors (Lipinski definition) is 1. The Labute approximate surface area is 79.0 Å². The highest BCUT2D eigenvalue weighted by Crippen LogP contribution is 2.25. The van der Waals surface area contributed by atoms with Gasteiger partial charge in [-0.15, -0.1) is 0 Å². The molecule has 0 aliphatic heterocycles. The van der Waals surface area contributed by atoms with Crippen LogP contribution in [-0.4, -0.2) is 6.61 Å². The molecule has 64 valence electrons. The Morgan fingerprint density at radius 1 is 1.58 bits per heavy atom. The minimum Gasteiger partial charge on any atom is -0.488 e. The largest absolute Gasteiger partial charge is 0.488 e. The molecule has 0 unspecified atom stereocenters. The normalized spacial score (nSPS) is 9.50. The number of benzene rings is 1. The lowest BCUT2D eigenvalue weighted by atomic mass is 10.3. The zero-order valence-electron chi connectivity index (χ0n) is 6.39. The third-order valence-electron chi connectivity index (χ3n) is 1.25. The Balaban J connectivity index is 2.82. The zero-order chi connectivity index (χ0) is 8.97. The molecule has 3 heteroatoms. The average molecular weight is 231 g/mol. The van der Waals surface area contributed by atoms with Crippen LogP contribution in [0.25, 0.3) is 0 Å². The standard InChI is InChI=1S/C9H8BrFO/c1-2-5-12-9-6-7(11)3-4-8(9)10/h2-4,6H,1,5H2. The van der Waals surface area contributed by atoms with Crippen LogP contribution in [0.5, 0.6) is 5.75 Å². The molecular weight excluding hydrogens is 223 g/mol. The van der Waals surface area contributed by atoms with E-state index >= 15 is 0 Å². The van der Waals surface area contributed by atoms with Gasteiger partial charge in [-0.25, -0.2) is 4.39 Å². The van der Waals surface area contributed by atoms with Crippen molar-refractivity contribution in [2.24, 2.45) is 0 Å². The summed E-state index contributed by atoms with van der Waals surface area (Å²) in [6.45, 7) is 3.87. The molecule has 0 amide bonds. The zero-order valence-corrected chi connectivity index (χ0v) is 7.97. The highest BCUT2D eigenvalue weighted by atomic mass is 79.9. The SMILES string of the molecule is C=CCOc1cc(F)ccc1Br. The number of rotatable bonds is 3. The van der Waals surface area contributed by atoms with Crippen molar-refractivity contribution in [3.63, 3.8) is 0 Å². The molecule has 0 saturated carbocycles. The van der Waals surface area contributed by atoms with E-state index in [1.165, 1.54) is 12.1 Å². The topological polar surface area (TPSA) is 9.23 Å². The van der Waals surface area contributed by atoms with Crippen LogP contribution in [0.1, 0.15) is 0 Å². The van der Waals surface area contributed by atoms with Gasteiger partial charge in [0.25, 0.3) is 0 Å². The van der Waals surface area contributed by atoms with Gasteiger partial charge in [0.2, 0.25) is 0 Å². The lowest BCUT2D eigenvalue weighted by Crippen LogP contribution is -1.93. The molecule has 12 heavy (non-hydrogen) atoms. The molecule has 0 N–H and O–H groups in total. The predicted octanol–water partition coefficient (Wildman–Crippen LogP) is 3.15. The minimum atomic E-state index is -0.308. The molecular formula is C9H8BrFO. The van der Waals surface area contributed by atoms with Crippen LogP contribution in [0.2, 0.25) is 0 Å². The van der Waals surface area contributed by atoms with Gasteiger partial charge in [-0.2, -0.15) is 0 Å². The summed E-state index contributed by atoms with van der Waals surface area (Å²) in [5.41, 5.74) is 0. The Kier molecular flexibility index (Phi) is 3.29. The molecule has 1 aromatic rings. The van der Waals surface area contributed by atoms with E-state index in [-0.39, 0.29) is 5.82 Å². The monoisotopic (exact) mass is 230 g/mol. The Bertz CT molecular complexity index is 286. The van der Waals surface area contributed by atoms with Crippen LogP contribution in [0.15, 0.2) is 35.3 Å². The van der Waals surface area contributed by atoms with Gasteiger partial charge < -0.3 is 4.74 Å². The summed E-state index contributed by atoms with van der Waals surface area (Å²) < 4.78 is 18.6. The van der Waals surface area contributed by atoms with Crippen molar-refractivity contribution in [1.82, 2.24) is 0 Å².